The van der Waals surface area contributed by atoms with Crippen LogP contribution in [0.5, 0.6) is 0 Å². The molecule has 0 radical (unpaired) electrons. The molecule has 0 bridgehead atoms. The van der Waals surface area contributed by atoms with Crippen LogP contribution in [0.1, 0.15) is 0 Å². The van der Waals surface area contributed by atoms with Crippen molar-refractivity contribution in [3.8, 4) is 0 Å². The number of aromatic nitrogens is 5. The smallest absolute Gasteiger partial charge is 0.234 e. The number of halogens is 1. The van der Waals surface area contributed by atoms with Gasteiger partial charge >= 0.3 is 0 Å². The summed E-state index contributed by atoms with van der Waals surface area (Å²) in [4.78, 5) is 22.5. The zero-order valence-electron chi connectivity index (χ0n) is 11.7. The van der Waals surface area contributed by atoms with E-state index in [1.807, 2.05) is 36.2 Å². The molecule has 110 valence electrons. The van der Waals surface area contributed by atoms with Crippen LogP contribution in [0.25, 0.3) is 0 Å². The van der Waals surface area contributed by atoms with Gasteiger partial charge in [0.15, 0.2) is 0 Å². The van der Waals surface area contributed by atoms with Gasteiger partial charge in [-0.2, -0.15) is 4.98 Å². The first-order valence-corrected chi connectivity index (χ1v) is 6.82. The van der Waals surface area contributed by atoms with Crippen molar-refractivity contribution in [2.75, 3.05) is 17.3 Å². The van der Waals surface area contributed by atoms with E-state index in [2.05, 4.69) is 30.2 Å². The van der Waals surface area contributed by atoms with Gasteiger partial charge in [0.25, 0.3) is 0 Å². The van der Waals surface area contributed by atoms with Gasteiger partial charge in [0.05, 0.1) is 0 Å². The molecule has 0 saturated carbocycles. The Morgan fingerprint density at radius 3 is 2.59 bits per heavy atom. The fraction of sp³-hybridized carbons (Fsp3) is 0.0714. The molecule has 0 saturated heterocycles. The molecular formula is C14H12ClN7. The Labute approximate surface area is 132 Å². The molecule has 0 aliphatic heterocycles. The molecule has 3 rings (SSSR count). The van der Waals surface area contributed by atoms with Crippen LogP contribution in [0.2, 0.25) is 5.02 Å². The molecule has 8 heteroatoms. The van der Waals surface area contributed by atoms with E-state index in [1.54, 1.807) is 18.5 Å². The van der Waals surface area contributed by atoms with Gasteiger partial charge < -0.3 is 4.90 Å². The first-order valence-electron chi connectivity index (χ1n) is 6.45. The summed E-state index contributed by atoms with van der Waals surface area (Å²) >= 11 is 6.01. The van der Waals surface area contributed by atoms with E-state index in [0.29, 0.717) is 22.9 Å². The van der Waals surface area contributed by atoms with Gasteiger partial charge in [-0.25, -0.2) is 19.9 Å². The number of hydrogen-bond acceptors (Lipinski definition) is 7. The summed E-state index contributed by atoms with van der Waals surface area (Å²) in [6.45, 7) is 0. The molecule has 0 unspecified atom stereocenters. The molecule has 1 aromatic carbocycles. The van der Waals surface area contributed by atoms with Crippen LogP contribution in [0, 0.1) is 0 Å². The Bertz CT molecular complexity index is 766. The standard InChI is InChI=1S/C14H12ClN7/c1-22(11-5-2-4-10(15)8-11)14-19-9-18-13(21-14)20-12-16-6-3-7-17-12/h2-9H,1H3,(H,16,17,18,19,20,21). The van der Waals surface area contributed by atoms with E-state index >= 15 is 0 Å². The van der Waals surface area contributed by atoms with Gasteiger partial charge in [-0.15, -0.1) is 0 Å². The average molecular weight is 314 g/mol. The summed E-state index contributed by atoms with van der Waals surface area (Å²) < 4.78 is 0. The lowest BCUT2D eigenvalue weighted by Gasteiger charge is -2.17. The highest BCUT2D eigenvalue weighted by atomic mass is 35.5. The highest BCUT2D eigenvalue weighted by Crippen LogP contribution is 2.23. The van der Waals surface area contributed by atoms with Crippen molar-refractivity contribution in [1.29, 1.82) is 0 Å². The van der Waals surface area contributed by atoms with Gasteiger partial charge in [-0.1, -0.05) is 17.7 Å². The number of rotatable bonds is 4. The average Bonchev–Trinajstić information content (AvgIpc) is 2.55. The normalized spacial score (nSPS) is 10.3. The molecule has 2 aromatic heterocycles. The molecule has 0 atom stereocenters. The molecule has 22 heavy (non-hydrogen) atoms. The highest BCUT2D eigenvalue weighted by Gasteiger charge is 2.09. The zero-order chi connectivity index (χ0) is 15.4. The fourth-order valence-corrected chi connectivity index (χ4v) is 1.96. The maximum Gasteiger partial charge on any atom is 0.234 e. The molecule has 0 fully saturated rings. The molecular weight excluding hydrogens is 302 g/mol. The van der Waals surface area contributed by atoms with E-state index in [-0.39, 0.29) is 0 Å². The van der Waals surface area contributed by atoms with Crippen molar-refractivity contribution < 1.29 is 0 Å². The molecule has 0 aliphatic carbocycles. The lowest BCUT2D eigenvalue weighted by molar-refractivity contribution is 0.983. The van der Waals surface area contributed by atoms with Gasteiger partial charge in [0.2, 0.25) is 17.8 Å². The topological polar surface area (TPSA) is 79.7 Å². The van der Waals surface area contributed by atoms with Crippen molar-refractivity contribution in [3.05, 3.63) is 54.1 Å². The van der Waals surface area contributed by atoms with Gasteiger partial charge in [-0.3, -0.25) is 5.32 Å². The molecule has 7 nitrogen and oxygen atoms in total. The van der Waals surface area contributed by atoms with Gasteiger partial charge in [0.1, 0.15) is 6.33 Å². The second kappa shape index (κ2) is 6.31. The Kier molecular flexibility index (Phi) is 4.06. The van der Waals surface area contributed by atoms with Crippen LogP contribution >= 0.6 is 11.6 Å². The van der Waals surface area contributed by atoms with E-state index in [0.717, 1.165) is 5.69 Å². The maximum absolute atomic E-state index is 6.01. The summed E-state index contributed by atoms with van der Waals surface area (Å²) in [7, 11) is 1.85. The monoisotopic (exact) mass is 313 g/mol. The van der Waals surface area contributed by atoms with E-state index in [9.17, 15) is 0 Å². The maximum atomic E-state index is 6.01. The number of benzene rings is 1. The Morgan fingerprint density at radius 1 is 1.00 bits per heavy atom. The predicted molar refractivity (Wildman–Crippen MR) is 84.7 cm³/mol. The van der Waals surface area contributed by atoms with Crippen molar-refractivity contribution in [3.63, 3.8) is 0 Å². The lowest BCUT2D eigenvalue weighted by atomic mass is 10.3. The van der Waals surface area contributed by atoms with E-state index in [1.165, 1.54) is 6.33 Å². The summed E-state index contributed by atoms with van der Waals surface area (Å²) in [5, 5.41) is 3.57. The summed E-state index contributed by atoms with van der Waals surface area (Å²) in [6, 6.07) is 9.16. The van der Waals surface area contributed by atoms with Crippen LogP contribution in [-0.2, 0) is 0 Å². The second-order valence-electron chi connectivity index (χ2n) is 4.35. The van der Waals surface area contributed by atoms with Crippen molar-refractivity contribution in [2.45, 2.75) is 0 Å². The quantitative estimate of drug-likeness (QED) is 0.793. The Balaban J connectivity index is 1.84. The number of anilines is 4. The Morgan fingerprint density at radius 2 is 1.82 bits per heavy atom. The number of nitrogens with zero attached hydrogens (tertiary/aromatic N) is 6. The van der Waals surface area contributed by atoms with E-state index in [4.69, 9.17) is 11.6 Å². The molecule has 2 heterocycles. The van der Waals surface area contributed by atoms with Crippen LogP contribution in [-0.4, -0.2) is 32.0 Å². The first kappa shape index (κ1) is 14.2. The van der Waals surface area contributed by atoms with Crippen LogP contribution in [0.15, 0.2) is 49.1 Å². The largest absolute Gasteiger partial charge is 0.313 e. The first-order chi connectivity index (χ1) is 10.7. The summed E-state index contributed by atoms with van der Waals surface area (Å²) in [6.07, 6.45) is 4.69. The predicted octanol–water partition coefficient (Wildman–Crippen LogP) is 2.83. The molecule has 0 amide bonds. The van der Waals surface area contributed by atoms with Crippen LogP contribution in [0.4, 0.5) is 23.5 Å². The number of hydrogen-bond donors (Lipinski definition) is 1. The Hall–Kier alpha value is -2.80. The van der Waals surface area contributed by atoms with Gasteiger partial charge in [0, 0.05) is 30.2 Å². The van der Waals surface area contributed by atoms with Crippen molar-refractivity contribution in [1.82, 2.24) is 24.9 Å². The van der Waals surface area contributed by atoms with Crippen molar-refractivity contribution >= 4 is 35.1 Å². The minimum Gasteiger partial charge on any atom is -0.313 e. The fourth-order valence-electron chi connectivity index (χ4n) is 1.77. The van der Waals surface area contributed by atoms with Crippen LogP contribution < -0.4 is 10.2 Å². The minimum absolute atomic E-state index is 0.366. The summed E-state index contributed by atoms with van der Waals surface area (Å²) in [5.74, 6) is 1.27. The van der Waals surface area contributed by atoms with Crippen LogP contribution in [0.3, 0.4) is 0 Å². The zero-order valence-corrected chi connectivity index (χ0v) is 12.4. The summed E-state index contributed by atoms with van der Waals surface area (Å²) in [5.41, 5.74) is 0.876. The lowest BCUT2D eigenvalue weighted by Crippen LogP contribution is -2.14. The third-order valence-corrected chi connectivity index (χ3v) is 3.08. The molecule has 3 aromatic rings. The minimum atomic E-state index is 0.366. The van der Waals surface area contributed by atoms with Crippen molar-refractivity contribution in [2.24, 2.45) is 0 Å². The van der Waals surface area contributed by atoms with Gasteiger partial charge in [-0.05, 0) is 24.3 Å². The van der Waals surface area contributed by atoms with E-state index < -0.39 is 0 Å². The SMILES string of the molecule is CN(c1cccc(Cl)c1)c1ncnc(Nc2ncccn2)n1. The molecule has 1 N–H and O–H groups in total. The molecule has 0 aliphatic rings. The molecule has 0 spiro atoms. The third-order valence-electron chi connectivity index (χ3n) is 2.84. The second-order valence-corrected chi connectivity index (χ2v) is 4.78. The third kappa shape index (κ3) is 3.26. The highest BCUT2D eigenvalue weighted by molar-refractivity contribution is 6.30. The number of nitrogens with one attached hydrogen (secondary N) is 1.